The van der Waals surface area contributed by atoms with E-state index >= 15 is 0 Å². The predicted octanol–water partition coefficient (Wildman–Crippen LogP) is 2.35. The second kappa shape index (κ2) is 6.45. The number of rotatable bonds is 4. The Balaban J connectivity index is 2.29. The molecule has 0 aliphatic rings. The molecule has 7 heteroatoms. The molecule has 2 rings (SSSR count). The van der Waals surface area contributed by atoms with Gasteiger partial charge in [0.1, 0.15) is 16.9 Å². The van der Waals surface area contributed by atoms with Crippen molar-refractivity contribution in [1.29, 1.82) is 0 Å². The Hall–Kier alpha value is -2.28. The van der Waals surface area contributed by atoms with Crippen molar-refractivity contribution in [3.05, 3.63) is 54.0 Å². The average molecular weight is 336 g/mol. The first-order valence-corrected chi connectivity index (χ1v) is 8.49. The largest absolute Gasteiger partial charge is 0.299 e. The zero-order chi connectivity index (χ0) is 17.2. The minimum atomic E-state index is -3.90. The molecule has 0 radical (unpaired) electrons. The summed E-state index contributed by atoms with van der Waals surface area (Å²) in [7, 11) is -2.43. The number of hydrogen-bond acceptors (Lipinski definition) is 4. The van der Waals surface area contributed by atoms with Crippen LogP contribution in [0.2, 0.25) is 0 Å². The Morgan fingerprint density at radius 3 is 2.35 bits per heavy atom. The molecule has 0 saturated heterocycles. The van der Waals surface area contributed by atoms with Crippen LogP contribution < -0.4 is 4.90 Å². The lowest BCUT2D eigenvalue weighted by Crippen LogP contribution is -2.39. The number of amides is 1. The molecule has 2 aromatic rings. The van der Waals surface area contributed by atoms with Crippen LogP contribution in [0.1, 0.15) is 12.6 Å². The number of carbonyl (C=O) groups is 1. The van der Waals surface area contributed by atoms with Crippen LogP contribution in [0.15, 0.2) is 47.4 Å². The smallest absolute Gasteiger partial charge is 0.246 e. The summed E-state index contributed by atoms with van der Waals surface area (Å²) in [5, 5.41) is -1.31. The van der Waals surface area contributed by atoms with Gasteiger partial charge in [0.2, 0.25) is 5.91 Å². The molecule has 122 valence electrons. The van der Waals surface area contributed by atoms with Crippen LogP contribution in [0.4, 0.5) is 10.2 Å². The standard InChI is InChI=1S/C16H17FN2O3S/c1-11-5-4-6-15(18-11)19(3)16(20)12(2)23(21,22)14-9-7-13(17)8-10-14/h4-10,12H,1-3H3. The van der Waals surface area contributed by atoms with Crippen molar-refractivity contribution in [2.24, 2.45) is 0 Å². The minimum Gasteiger partial charge on any atom is -0.299 e. The Morgan fingerprint density at radius 2 is 1.78 bits per heavy atom. The molecule has 0 N–H and O–H groups in total. The molecular weight excluding hydrogens is 319 g/mol. The van der Waals surface area contributed by atoms with Gasteiger partial charge in [0, 0.05) is 12.7 Å². The molecule has 23 heavy (non-hydrogen) atoms. The van der Waals surface area contributed by atoms with Crippen molar-refractivity contribution >= 4 is 21.6 Å². The van der Waals surface area contributed by atoms with Crippen LogP contribution >= 0.6 is 0 Å². The summed E-state index contributed by atoms with van der Waals surface area (Å²) in [5.41, 5.74) is 0.719. The van der Waals surface area contributed by atoms with Gasteiger partial charge in [-0.15, -0.1) is 0 Å². The number of hydrogen-bond donors (Lipinski definition) is 0. The molecule has 0 spiro atoms. The molecule has 0 aliphatic carbocycles. The molecule has 5 nitrogen and oxygen atoms in total. The van der Waals surface area contributed by atoms with Crippen molar-refractivity contribution in [2.75, 3.05) is 11.9 Å². The summed E-state index contributed by atoms with van der Waals surface area (Å²) < 4.78 is 37.9. The molecule has 1 aromatic carbocycles. The van der Waals surface area contributed by atoms with Crippen molar-refractivity contribution in [2.45, 2.75) is 24.0 Å². The van der Waals surface area contributed by atoms with Crippen LogP contribution in [0.25, 0.3) is 0 Å². The molecule has 1 heterocycles. The van der Waals surface area contributed by atoms with E-state index in [-0.39, 0.29) is 4.90 Å². The number of nitrogens with zero attached hydrogens (tertiary/aromatic N) is 2. The van der Waals surface area contributed by atoms with E-state index in [9.17, 15) is 17.6 Å². The highest BCUT2D eigenvalue weighted by atomic mass is 32.2. The van der Waals surface area contributed by atoms with Crippen molar-refractivity contribution in [1.82, 2.24) is 4.98 Å². The quantitative estimate of drug-likeness (QED) is 0.804. The van der Waals surface area contributed by atoms with Gasteiger partial charge >= 0.3 is 0 Å². The number of anilines is 1. The van der Waals surface area contributed by atoms with E-state index in [4.69, 9.17) is 0 Å². The average Bonchev–Trinajstić information content (AvgIpc) is 2.53. The number of sulfone groups is 1. The fourth-order valence-corrected chi connectivity index (χ4v) is 3.41. The SMILES string of the molecule is Cc1cccc(N(C)C(=O)C(C)S(=O)(=O)c2ccc(F)cc2)n1. The van der Waals surface area contributed by atoms with Gasteiger partial charge in [0.25, 0.3) is 0 Å². The number of halogens is 1. The fourth-order valence-electron chi connectivity index (χ4n) is 2.06. The molecule has 1 atom stereocenters. The fraction of sp³-hybridized carbons (Fsp3) is 0.250. The van der Waals surface area contributed by atoms with Crippen LogP contribution in [0.3, 0.4) is 0 Å². The molecule has 1 amide bonds. The Morgan fingerprint density at radius 1 is 1.17 bits per heavy atom. The van der Waals surface area contributed by atoms with E-state index < -0.39 is 26.8 Å². The Kier molecular flexibility index (Phi) is 4.79. The number of aryl methyl sites for hydroxylation is 1. The highest BCUT2D eigenvalue weighted by molar-refractivity contribution is 7.92. The van der Waals surface area contributed by atoms with E-state index in [2.05, 4.69) is 4.98 Å². The van der Waals surface area contributed by atoms with Crippen molar-refractivity contribution < 1.29 is 17.6 Å². The summed E-state index contributed by atoms with van der Waals surface area (Å²) in [4.78, 5) is 17.8. The van der Waals surface area contributed by atoms with Gasteiger partial charge in [0.15, 0.2) is 9.84 Å². The topological polar surface area (TPSA) is 67.3 Å². The number of carbonyl (C=O) groups excluding carboxylic acids is 1. The van der Waals surface area contributed by atoms with Gasteiger partial charge in [-0.2, -0.15) is 0 Å². The van der Waals surface area contributed by atoms with Crippen LogP contribution in [0, 0.1) is 12.7 Å². The van der Waals surface area contributed by atoms with Crippen molar-refractivity contribution in [3.63, 3.8) is 0 Å². The molecule has 0 fully saturated rings. The molecule has 0 saturated carbocycles. The number of benzene rings is 1. The lowest BCUT2D eigenvalue weighted by molar-refractivity contribution is -0.117. The summed E-state index contributed by atoms with van der Waals surface area (Å²) in [6, 6.07) is 9.55. The van der Waals surface area contributed by atoms with Crippen LogP contribution in [0.5, 0.6) is 0 Å². The van der Waals surface area contributed by atoms with Gasteiger partial charge in [0.05, 0.1) is 4.90 Å². The Labute approximate surface area is 134 Å². The van der Waals surface area contributed by atoms with Crippen molar-refractivity contribution in [3.8, 4) is 0 Å². The molecule has 0 aliphatic heterocycles. The van der Waals surface area contributed by atoms with Gasteiger partial charge in [-0.25, -0.2) is 17.8 Å². The zero-order valence-corrected chi connectivity index (χ0v) is 13.8. The summed E-state index contributed by atoms with van der Waals surface area (Å²) in [6.45, 7) is 3.09. The monoisotopic (exact) mass is 336 g/mol. The van der Waals surface area contributed by atoms with E-state index in [1.807, 2.05) is 0 Å². The second-order valence-electron chi connectivity index (χ2n) is 5.18. The zero-order valence-electron chi connectivity index (χ0n) is 13.0. The summed E-state index contributed by atoms with van der Waals surface area (Å²) in [6.07, 6.45) is 0. The first-order chi connectivity index (χ1) is 10.7. The third kappa shape index (κ3) is 3.56. The second-order valence-corrected chi connectivity index (χ2v) is 7.44. The number of aromatic nitrogens is 1. The lowest BCUT2D eigenvalue weighted by atomic mass is 10.3. The van der Waals surface area contributed by atoms with Gasteiger partial charge in [-0.1, -0.05) is 6.07 Å². The maximum Gasteiger partial charge on any atom is 0.246 e. The summed E-state index contributed by atoms with van der Waals surface area (Å²) in [5.74, 6) is -0.771. The minimum absolute atomic E-state index is 0.0923. The maximum absolute atomic E-state index is 12.9. The van der Waals surface area contributed by atoms with Crippen LogP contribution in [-0.2, 0) is 14.6 Å². The molecular formula is C16H17FN2O3S. The highest BCUT2D eigenvalue weighted by Crippen LogP contribution is 2.20. The lowest BCUT2D eigenvalue weighted by Gasteiger charge is -2.21. The van der Waals surface area contributed by atoms with E-state index in [0.717, 1.165) is 30.0 Å². The van der Waals surface area contributed by atoms with Gasteiger partial charge < -0.3 is 0 Å². The normalized spacial score (nSPS) is 12.7. The predicted molar refractivity (Wildman–Crippen MR) is 85.4 cm³/mol. The first-order valence-electron chi connectivity index (χ1n) is 6.94. The van der Waals surface area contributed by atoms with E-state index in [1.54, 1.807) is 25.1 Å². The molecule has 1 unspecified atom stereocenters. The van der Waals surface area contributed by atoms with Gasteiger partial charge in [-0.05, 0) is 50.2 Å². The number of pyridine rings is 1. The molecule has 1 aromatic heterocycles. The van der Waals surface area contributed by atoms with E-state index in [0.29, 0.717) is 5.82 Å². The van der Waals surface area contributed by atoms with Gasteiger partial charge in [-0.3, -0.25) is 9.69 Å². The highest BCUT2D eigenvalue weighted by Gasteiger charge is 2.32. The first kappa shape index (κ1) is 17.1. The van der Waals surface area contributed by atoms with Crippen LogP contribution in [-0.4, -0.2) is 31.6 Å². The third-order valence-electron chi connectivity index (χ3n) is 3.50. The Bertz CT molecular complexity index is 819. The third-order valence-corrected chi connectivity index (χ3v) is 5.57. The molecule has 0 bridgehead atoms. The summed E-state index contributed by atoms with van der Waals surface area (Å²) >= 11 is 0. The van der Waals surface area contributed by atoms with E-state index in [1.165, 1.54) is 18.9 Å². The maximum atomic E-state index is 12.9.